The van der Waals surface area contributed by atoms with Crippen LogP contribution in [0.4, 0.5) is 5.69 Å². The fourth-order valence-electron chi connectivity index (χ4n) is 2.63. The van der Waals surface area contributed by atoms with Crippen molar-refractivity contribution in [1.82, 2.24) is 4.57 Å². The van der Waals surface area contributed by atoms with Gasteiger partial charge in [-0.3, -0.25) is 0 Å². The molecule has 0 saturated heterocycles. The van der Waals surface area contributed by atoms with Crippen molar-refractivity contribution in [3.63, 3.8) is 0 Å². The standard InChI is InChI=1S/C19H17N3O2S/c1-14-7-9-16(10-8-14)25(23,24)18-13-22(17(11-20)19(18)21)12-15-5-3-2-4-6-15/h2-10,13H,12,21H2,1H3. The maximum absolute atomic E-state index is 12.9. The monoisotopic (exact) mass is 351 g/mol. The van der Waals surface area contributed by atoms with Gasteiger partial charge in [-0.2, -0.15) is 5.26 Å². The molecule has 6 heteroatoms. The van der Waals surface area contributed by atoms with Crippen LogP contribution in [0.2, 0.25) is 0 Å². The molecular weight excluding hydrogens is 334 g/mol. The summed E-state index contributed by atoms with van der Waals surface area (Å²) >= 11 is 0. The van der Waals surface area contributed by atoms with Gasteiger partial charge in [0, 0.05) is 12.7 Å². The van der Waals surface area contributed by atoms with E-state index >= 15 is 0 Å². The maximum Gasteiger partial charge on any atom is 0.210 e. The van der Waals surface area contributed by atoms with Crippen molar-refractivity contribution in [1.29, 1.82) is 5.26 Å². The molecule has 2 N–H and O–H groups in total. The minimum atomic E-state index is -3.79. The average molecular weight is 351 g/mol. The predicted molar refractivity (Wildman–Crippen MR) is 95.7 cm³/mol. The third kappa shape index (κ3) is 3.14. The van der Waals surface area contributed by atoms with Crippen LogP contribution in [0.3, 0.4) is 0 Å². The first-order chi connectivity index (χ1) is 11.9. The fourth-order valence-corrected chi connectivity index (χ4v) is 4.04. The summed E-state index contributed by atoms with van der Waals surface area (Å²) in [5.41, 5.74) is 8.05. The molecule has 0 unspecified atom stereocenters. The number of rotatable bonds is 4. The topological polar surface area (TPSA) is 88.9 Å². The predicted octanol–water partition coefficient (Wildman–Crippen LogP) is 3.13. The van der Waals surface area contributed by atoms with Crippen molar-refractivity contribution in [2.45, 2.75) is 23.3 Å². The number of anilines is 1. The Morgan fingerprint density at radius 3 is 2.32 bits per heavy atom. The van der Waals surface area contributed by atoms with Crippen molar-refractivity contribution < 1.29 is 8.42 Å². The Bertz CT molecular complexity index is 1040. The van der Waals surface area contributed by atoms with Gasteiger partial charge in [-0.05, 0) is 24.6 Å². The Labute approximate surface area is 146 Å². The molecule has 0 radical (unpaired) electrons. The van der Waals surface area contributed by atoms with Crippen molar-refractivity contribution in [3.05, 3.63) is 77.6 Å². The van der Waals surface area contributed by atoms with Gasteiger partial charge in [0.15, 0.2) is 0 Å². The Hall–Kier alpha value is -3.04. The van der Waals surface area contributed by atoms with E-state index in [-0.39, 0.29) is 21.2 Å². The average Bonchev–Trinajstić information content (AvgIpc) is 2.92. The molecule has 0 bridgehead atoms. The van der Waals surface area contributed by atoms with E-state index in [0.717, 1.165) is 11.1 Å². The summed E-state index contributed by atoms with van der Waals surface area (Å²) in [4.78, 5) is 0.120. The highest BCUT2D eigenvalue weighted by Crippen LogP contribution is 2.30. The van der Waals surface area contributed by atoms with Crippen molar-refractivity contribution in [2.24, 2.45) is 0 Å². The van der Waals surface area contributed by atoms with E-state index in [2.05, 4.69) is 0 Å². The SMILES string of the molecule is Cc1ccc(S(=O)(=O)c2cn(Cc3ccccc3)c(C#N)c2N)cc1. The van der Waals surface area contributed by atoms with Crippen LogP contribution in [0.1, 0.15) is 16.8 Å². The molecule has 3 aromatic rings. The van der Waals surface area contributed by atoms with E-state index in [1.807, 2.05) is 43.3 Å². The molecule has 0 saturated carbocycles. The number of nitrogen functional groups attached to an aromatic ring is 1. The first-order valence-electron chi connectivity index (χ1n) is 7.68. The lowest BCUT2D eigenvalue weighted by molar-refractivity contribution is 0.596. The summed E-state index contributed by atoms with van der Waals surface area (Å²) < 4.78 is 27.4. The van der Waals surface area contributed by atoms with E-state index in [0.29, 0.717) is 6.54 Å². The largest absolute Gasteiger partial charge is 0.395 e. The van der Waals surface area contributed by atoms with Crippen molar-refractivity contribution in [3.8, 4) is 6.07 Å². The van der Waals surface area contributed by atoms with E-state index in [9.17, 15) is 13.7 Å². The Balaban J connectivity index is 2.08. The molecule has 3 rings (SSSR count). The number of hydrogen-bond donors (Lipinski definition) is 1. The molecule has 5 nitrogen and oxygen atoms in total. The third-order valence-electron chi connectivity index (χ3n) is 4.00. The number of nitrogens with zero attached hydrogens (tertiary/aromatic N) is 2. The molecule has 0 spiro atoms. The first kappa shape index (κ1) is 16.8. The quantitative estimate of drug-likeness (QED) is 0.782. The van der Waals surface area contributed by atoms with Crippen LogP contribution in [0.15, 0.2) is 70.6 Å². The van der Waals surface area contributed by atoms with Gasteiger partial charge in [0.1, 0.15) is 16.7 Å². The summed E-state index contributed by atoms with van der Waals surface area (Å²) in [6.45, 7) is 2.26. The molecule has 0 amide bonds. The Kier molecular flexibility index (Phi) is 4.34. The molecule has 2 aromatic carbocycles. The van der Waals surface area contributed by atoms with Gasteiger partial charge in [0.2, 0.25) is 9.84 Å². The van der Waals surface area contributed by atoms with Gasteiger partial charge >= 0.3 is 0 Å². The van der Waals surface area contributed by atoms with Crippen LogP contribution < -0.4 is 5.73 Å². The van der Waals surface area contributed by atoms with E-state index < -0.39 is 9.84 Å². The van der Waals surface area contributed by atoms with Gasteiger partial charge in [-0.1, -0.05) is 48.0 Å². The number of nitriles is 1. The van der Waals surface area contributed by atoms with Crippen LogP contribution in [0.5, 0.6) is 0 Å². The van der Waals surface area contributed by atoms with E-state index in [4.69, 9.17) is 5.73 Å². The molecule has 25 heavy (non-hydrogen) atoms. The summed E-state index contributed by atoms with van der Waals surface area (Å²) in [6, 6.07) is 18.1. The van der Waals surface area contributed by atoms with Crippen LogP contribution in [-0.2, 0) is 16.4 Å². The maximum atomic E-state index is 12.9. The lowest BCUT2D eigenvalue weighted by Gasteiger charge is -2.04. The van der Waals surface area contributed by atoms with Gasteiger partial charge in [-0.15, -0.1) is 0 Å². The molecular formula is C19H17N3O2S. The summed E-state index contributed by atoms with van der Waals surface area (Å²) in [6.07, 6.45) is 1.44. The minimum absolute atomic E-state index is 0.0148. The third-order valence-corrected chi connectivity index (χ3v) is 5.80. The smallest absolute Gasteiger partial charge is 0.210 e. The van der Waals surface area contributed by atoms with Gasteiger partial charge in [0.05, 0.1) is 10.6 Å². The first-order valence-corrected chi connectivity index (χ1v) is 9.16. The molecule has 126 valence electrons. The van der Waals surface area contributed by atoms with Gasteiger partial charge < -0.3 is 10.3 Å². The van der Waals surface area contributed by atoms with E-state index in [1.54, 1.807) is 28.8 Å². The second kappa shape index (κ2) is 6.46. The number of aromatic nitrogens is 1. The highest BCUT2D eigenvalue weighted by atomic mass is 32.2. The number of aryl methyl sites for hydroxylation is 1. The van der Waals surface area contributed by atoms with Crippen molar-refractivity contribution in [2.75, 3.05) is 5.73 Å². The molecule has 0 aliphatic heterocycles. The lowest BCUT2D eigenvalue weighted by atomic mass is 10.2. The molecule has 1 heterocycles. The van der Waals surface area contributed by atoms with Crippen LogP contribution in [0, 0.1) is 18.3 Å². The molecule has 0 atom stereocenters. The molecule has 1 aromatic heterocycles. The number of hydrogen-bond acceptors (Lipinski definition) is 4. The number of benzene rings is 2. The Morgan fingerprint density at radius 1 is 1.08 bits per heavy atom. The number of nitrogens with two attached hydrogens (primary N) is 1. The zero-order valence-electron chi connectivity index (χ0n) is 13.7. The second-order valence-corrected chi connectivity index (χ2v) is 7.72. The highest BCUT2D eigenvalue weighted by molar-refractivity contribution is 7.91. The van der Waals surface area contributed by atoms with Crippen LogP contribution >= 0.6 is 0 Å². The lowest BCUT2D eigenvalue weighted by Crippen LogP contribution is -2.04. The molecule has 0 fully saturated rings. The van der Waals surface area contributed by atoms with Crippen molar-refractivity contribution >= 4 is 15.5 Å². The van der Waals surface area contributed by atoms with Crippen LogP contribution in [-0.4, -0.2) is 13.0 Å². The van der Waals surface area contributed by atoms with E-state index in [1.165, 1.54) is 6.20 Å². The zero-order chi connectivity index (χ0) is 18.0. The normalized spacial score (nSPS) is 11.2. The summed E-state index contributed by atoms with van der Waals surface area (Å²) in [5.74, 6) is 0. The molecule has 0 aliphatic carbocycles. The zero-order valence-corrected chi connectivity index (χ0v) is 14.5. The number of sulfone groups is 1. The van der Waals surface area contributed by atoms with Crippen LogP contribution in [0.25, 0.3) is 0 Å². The van der Waals surface area contributed by atoms with Gasteiger partial charge in [-0.25, -0.2) is 8.42 Å². The van der Waals surface area contributed by atoms with Gasteiger partial charge in [0.25, 0.3) is 0 Å². The fraction of sp³-hybridized carbons (Fsp3) is 0.105. The molecule has 0 aliphatic rings. The summed E-state index contributed by atoms with van der Waals surface area (Å²) in [5, 5.41) is 9.42. The highest BCUT2D eigenvalue weighted by Gasteiger charge is 2.26. The second-order valence-electron chi connectivity index (χ2n) is 5.80. The summed E-state index contributed by atoms with van der Waals surface area (Å²) in [7, 11) is -3.79. The Morgan fingerprint density at radius 2 is 1.72 bits per heavy atom. The minimum Gasteiger partial charge on any atom is -0.395 e.